The summed E-state index contributed by atoms with van der Waals surface area (Å²) in [6, 6.07) is 22.0. The molecule has 0 spiro atoms. The van der Waals surface area contributed by atoms with Crippen LogP contribution in [-0.2, 0) is 26.1 Å². The van der Waals surface area contributed by atoms with Crippen LogP contribution in [0.3, 0.4) is 0 Å². The zero-order chi connectivity index (χ0) is 22.5. The number of carbonyl (C=O) groups excluding carboxylic acids is 1. The van der Waals surface area contributed by atoms with E-state index in [1.165, 1.54) is 0 Å². The van der Waals surface area contributed by atoms with Crippen LogP contribution in [0.15, 0.2) is 81.8 Å². The number of furan rings is 1. The summed E-state index contributed by atoms with van der Waals surface area (Å²) in [4.78, 5) is 14.4. The number of benzene rings is 2. The molecule has 2 heterocycles. The largest absolute Gasteiger partial charge is 0.468 e. The predicted molar refractivity (Wildman–Crippen MR) is 122 cm³/mol. The minimum absolute atomic E-state index is 0.00621. The molecule has 1 aliphatic carbocycles. The van der Waals surface area contributed by atoms with Crippen LogP contribution < -0.4 is 5.32 Å². The molecule has 5 rings (SSSR count). The van der Waals surface area contributed by atoms with Crippen LogP contribution in [-0.4, -0.2) is 27.0 Å². The van der Waals surface area contributed by atoms with Gasteiger partial charge in [-0.05, 0) is 48.2 Å². The van der Waals surface area contributed by atoms with Gasteiger partial charge in [-0.3, -0.25) is 9.69 Å². The first-order chi connectivity index (χ1) is 16.2. The molecular weight excluding hydrogens is 416 g/mol. The maximum absolute atomic E-state index is 12.3. The van der Waals surface area contributed by atoms with Crippen LogP contribution in [0.5, 0.6) is 0 Å². The highest BCUT2D eigenvalue weighted by molar-refractivity contribution is 5.94. The average molecular weight is 443 g/mol. The highest BCUT2D eigenvalue weighted by Gasteiger charge is 2.23. The number of hydrogen-bond acceptors (Lipinski definition) is 6. The lowest BCUT2D eigenvalue weighted by atomic mass is 10.1. The zero-order valence-corrected chi connectivity index (χ0v) is 18.3. The SMILES string of the molecule is O=C(NC1CC1)c1ccc(CN(Cc2ccco2)Cc2nnc(Cc3ccccc3)o2)cc1. The van der Waals surface area contributed by atoms with Crippen LogP contribution in [0.2, 0.25) is 0 Å². The van der Waals surface area contributed by atoms with E-state index >= 15 is 0 Å². The standard InChI is InChI=1S/C26H26N4O3/c31-26(27-22-12-13-22)21-10-8-20(9-11-21)16-30(17-23-7-4-14-32-23)18-25-29-28-24(33-25)15-19-5-2-1-3-6-19/h1-11,14,22H,12-13,15-18H2,(H,27,31). The van der Waals surface area contributed by atoms with Crippen molar-refractivity contribution in [1.82, 2.24) is 20.4 Å². The second-order valence-electron chi connectivity index (χ2n) is 8.42. The van der Waals surface area contributed by atoms with Crippen molar-refractivity contribution in [2.45, 2.75) is 44.9 Å². The van der Waals surface area contributed by atoms with Gasteiger partial charge in [0.25, 0.3) is 5.91 Å². The van der Waals surface area contributed by atoms with Crippen molar-refractivity contribution in [3.63, 3.8) is 0 Å². The second kappa shape index (κ2) is 9.83. The van der Waals surface area contributed by atoms with Gasteiger partial charge in [-0.25, -0.2) is 0 Å². The summed E-state index contributed by atoms with van der Waals surface area (Å²) in [5.74, 6) is 2.01. The third-order valence-corrected chi connectivity index (χ3v) is 5.56. The van der Waals surface area contributed by atoms with Crippen LogP contribution >= 0.6 is 0 Å². The molecule has 7 heteroatoms. The molecule has 7 nitrogen and oxygen atoms in total. The lowest BCUT2D eigenvalue weighted by Crippen LogP contribution is -2.25. The Labute approximate surface area is 192 Å². The Kier molecular flexibility index (Phi) is 6.30. The average Bonchev–Trinajstić information content (AvgIpc) is 3.29. The van der Waals surface area contributed by atoms with E-state index in [1.54, 1.807) is 6.26 Å². The van der Waals surface area contributed by atoms with E-state index < -0.39 is 0 Å². The van der Waals surface area contributed by atoms with Gasteiger partial charge in [0.05, 0.1) is 25.8 Å². The Morgan fingerprint density at radius 3 is 2.39 bits per heavy atom. The molecule has 2 aromatic heterocycles. The Morgan fingerprint density at radius 1 is 0.879 bits per heavy atom. The normalized spacial score (nSPS) is 13.4. The fourth-order valence-corrected chi connectivity index (χ4v) is 3.69. The molecule has 1 saturated carbocycles. The van der Waals surface area contributed by atoms with E-state index in [2.05, 4.69) is 20.4 Å². The Hall–Kier alpha value is -3.71. The molecule has 1 fully saturated rings. The summed E-state index contributed by atoms with van der Waals surface area (Å²) in [5, 5.41) is 11.5. The fraction of sp³-hybridized carbons (Fsp3) is 0.269. The van der Waals surface area contributed by atoms with Crippen molar-refractivity contribution in [3.8, 4) is 0 Å². The Bertz CT molecular complexity index is 1170. The lowest BCUT2D eigenvalue weighted by Gasteiger charge is -2.19. The van der Waals surface area contributed by atoms with Crippen LogP contribution in [0.25, 0.3) is 0 Å². The maximum atomic E-state index is 12.3. The number of aromatic nitrogens is 2. The first kappa shape index (κ1) is 21.2. The minimum Gasteiger partial charge on any atom is -0.468 e. The van der Waals surface area contributed by atoms with Crippen molar-refractivity contribution in [1.29, 1.82) is 0 Å². The van der Waals surface area contributed by atoms with Crippen molar-refractivity contribution >= 4 is 5.91 Å². The number of nitrogens with one attached hydrogen (secondary N) is 1. The summed E-state index contributed by atoms with van der Waals surface area (Å²) in [6.45, 7) is 1.75. The third-order valence-electron chi connectivity index (χ3n) is 5.56. The summed E-state index contributed by atoms with van der Waals surface area (Å²) < 4.78 is 11.5. The molecule has 0 unspecified atom stereocenters. The number of rotatable bonds is 10. The highest BCUT2D eigenvalue weighted by Crippen LogP contribution is 2.20. The summed E-state index contributed by atoms with van der Waals surface area (Å²) >= 11 is 0. The third kappa shape index (κ3) is 5.96. The van der Waals surface area contributed by atoms with Gasteiger partial charge in [0, 0.05) is 18.2 Å². The molecule has 4 aromatic rings. The second-order valence-corrected chi connectivity index (χ2v) is 8.42. The Morgan fingerprint density at radius 2 is 1.67 bits per heavy atom. The topological polar surface area (TPSA) is 84.4 Å². The van der Waals surface area contributed by atoms with E-state index in [0.717, 1.165) is 29.7 Å². The van der Waals surface area contributed by atoms with Gasteiger partial charge in [0.15, 0.2) is 0 Å². The van der Waals surface area contributed by atoms with Crippen molar-refractivity contribution in [2.24, 2.45) is 0 Å². The van der Waals surface area contributed by atoms with Gasteiger partial charge < -0.3 is 14.2 Å². The molecule has 0 aliphatic heterocycles. The van der Waals surface area contributed by atoms with Gasteiger partial charge >= 0.3 is 0 Å². The lowest BCUT2D eigenvalue weighted by molar-refractivity contribution is 0.0951. The first-order valence-corrected chi connectivity index (χ1v) is 11.2. The van der Waals surface area contributed by atoms with Gasteiger partial charge in [-0.15, -0.1) is 10.2 Å². The summed E-state index contributed by atoms with van der Waals surface area (Å²) in [5.41, 5.74) is 2.91. The van der Waals surface area contributed by atoms with Crippen molar-refractivity contribution in [2.75, 3.05) is 0 Å². The van der Waals surface area contributed by atoms with Gasteiger partial charge in [-0.2, -0.15) is 0 Å². The number of amides is 1. The summed E-state index contributed by atoms with van der Waals surface area (Å²) in [6.07, 6.45) is 4.43. The highest BCUT2D eigenvalue weighted by atomic mass is 16.4. The zero-order valence-electron chi connectivity index (χ0n) is 18.3. The molecule has 33 heavy (non-hydrogen) atoms. The van der Waals surface area contributed by atoms with Crippen LogP contribution in [0.1, 0.15) is 51.9 Å². The molecule has 1 aliphatic rings. The fourth-order valence-electron chi connectivity index (χ4n) is 3.69. The molecule has 0 saturated heterocycles. The number of nitrogens with zero attached hydrogens (tertiary/aromatic N) is 3. The monoisotopic (exact) mass is 442 g/mol. The molecule has 0 radical (unpaired) electrons. The first-order valence-electron chi connectivity index (χ1n) is 11.2. The van der Waals surface area contributed by atoms with E-state index in [9.17, 15) is 4.79 Å². The number of hydrogen-bond donors (Lipinski definition) is 1. The smallest absolute Gasteiger partial charge is 0.251 e. The van der Waals surface area contributed by atoms with E-state index in [4.69, 9.17) is 8.83 Å². The number of carbonyl (C=O) groups is 1. The van der Waals surface area contributed by atoms with Crippen LogP contribution in [0.4, 0.5) is 0 Å². The molecule has 0 bridgehead atoms. The van der Waals surface area contributed by atoms with E-state index in [0.29, 0.717) is 49.4 Å². The molecule has 2 aromatic carbocycles. The maximum Gasteiger partial charge on any atom is 0.251 e. The minimum atomic E-state index is -0.00621. The van der Waals surface area contributed by atoms with Gasteiger partial charge in [0.1, 0.15) is 5.76 Å². The molecule has 1 amide bonds. The van der Waals surface area contributed by atoms with Crippen LogP contribution in [0, 0.1) is 0 Å². The van der Waals surface area contributed by atoms with Crippen molar-refractivity contribution < 1.29 is 13.6 Å². The Balaban J connectivity index is 1.25. The van der Waals surface area contributed by atoms with Gasteiger partial charge in [-0.1, -0.05) is 42.5 Å². The van der Waals surface area contributed by atoms with Crippen molar-refractivity contribution in [3.05, 3.63) is 107 Å². The van der Waals surface area contributed by atoms with E-state index in [1.807, 2.05) is 66.7 Å². The van der Waals surface area contributed by atoms with Gasteiger partial charge in [0.2, 0.25) is 11.8 Å². The summed E-state index contributed by atoms with van der Waals surface area (Å²) in [7, 11) is 0. The molecular formula is C26H26N4O3. The molecule has 0 atom stereocenters. The molecule has 1 N–H and O–H groups in total. The quantitative estimate of drug-likeness (QED) is 0.393. The van der Waals surface area contributed by atoms with E-state index in [-0.39, 0.29) is 5.91 Å². The predicted octanol–water partition coefficient (Wildman–Crippen LogP) is 4.35. The molecule has 168 valence electrons.